The van der Waals surface area contributed by atoms with Crippen LogP contribution >= 0.6 is 0 Å². The van der Waals surface area contributed by atoms with E-state index in [0.717, 1.165) is 23.3 Å². The molecule has 41 heavy (non-hydrogen) atoms. The van der Waals surface area contributed by atoms with Gasteiger partial charge in [-0.1, -0.05) is 37.1 Å². The molecular formula is C30H30N2O8S. The third-order valence-electron chi connectivity index (χ3n) is 6.05. The molecule has 1 aliphatic heterocycles. The monoisotopic (exact) mass is 578 g/mol. The molecule has 1 heterocycles. The Balaban J connectivity index is 1.60. The van der Waals surface area contributed by atoms with E-state index in [1.807, 2.05) is 6.92 Å². The van der Waals surface area contributed by atoms with E-state index >= 15 is 0 Å². The quantitative estimate of drug-likeness (QED) is 0.146. The van der Waals surface area contributed by atoms with Crippen molar-refractivity contribution in [3.63, 3.8) is 0 Å². The summed E-state index contributed by atoms with van der Waals surface area (Å²) in [5.74, 6) is -1.07. The predicted octanol–water partition coefficient (Wildman–Crippen LogP) is 5.01. The van der Waals surface area contributed by atoms with Crippen LogP contribution in [0.15, 0.2) is 77.2 Å². The van der Waals surface area contributed by atoms with Crippen LogP contribution in [0.25, 0.3) is 6.08 Å². The standard InChI is InChI=1S/C30H30N2O8S/c1-4-6-17-39-23-12-10-22(11-13-23)32-29(34)25(28(33)31-30(32)35)18-21-9-16-26(27(19-21)38-5-2)40-41(36,37)24-14-7-20(3)8-15-24/h7-16,18-19H,4-6,17H2,1-3H3,(H,31,33,35)/b25-18-. The highest BCUT2D eigenvalue weighted by atomic mass is 32.2. The molecule has 0 saturated carbocycles. The van der Waals surface area contributed by atoms with E-state index in [2.05, 4.69) is 12.2 Å². The van der Waals surface area contributed by atoms with Crippen LogP contribution in [0, 0.1) is 6.92 Å². The van der Waals surface area contributed by atoms with Crippen LogP contribution in [0.5, 0.6) is 17.2 Å². The number of urea groups is 1. The number of barbiturate groups is 1. The van der Waals surface area contributed by atoms with Gasteiger partial charge in [0.25, 0.3) is 11.8 Å². The summed E-state index contributed by atoms with van der Waals surface area (Å²) in [6.45, 7) is 6.35. The van der Waals surface area contributed by atoms with E-state index in [0.29, 0.717) is 17.9 Å². The molecule has 1 N–H and O–H groups in total. The molecule has 3 aromatic rings. The Labute approximate surface area is 238 Å². The highest BCUT2D eigenvalue weighted by Crippen LogP contribution is 2.33. The molecular weight excluding hydrogens is 548 g/mol. The average Bonchev–Trinajstić information content (AvgIpc) is 2.93. The minimum Gasteiger partial charge on any atom is -0.494 e. The highest BCUT2D eigenvalue weighted by Gasteiger charge is 2.37. The molecule has 3 aromatic carbocycles. The Morgan fingerprint density at radius 1 is 0.878 bits per heavy atom. The molecule has 4 amide bonds. The Morgan fingerprint density at radius 2 is 1.59 bits per heavy atom. The first-order chi connectivity index (χ1) is 19.6. The van der Waals surface area contributed by atoms with Crippen LogP contribution in [0.3, 0.4) is 0 Å². The van der Waals surface area contributed by atoms with Crippen LogP contribution in [0.2, 0.25) is 0 Å². The van der Waals surface area contributed by atoms with Crippen LogP contribution < -0.4 is 23.9 Å². The lowest BCUT2D eigenvalue weighted by molar-refractivity contribution is -0.122. The molecule has 0 spiro atoms. The summed E-state index contributed by atoms with van der Waals surface area (Å²) in [7, 11) is -4.15. The normalized spacial score (nSPS) is 14.7. The number of rotatable bonds is 11. The van der Waals surface area contributed by atoms with E-state index in [4.69, 9.17) is 13.7 Å². The van der Waals surface area contributed by atoms with E-state index in [-0.39, 0.29) is 34.3 Å². The number of hydrogen-bond acceptors (Lipinski definition) is 8. The Morgan fingerprint density at radius 3 is 2.24 bits per heavy atom. The number of imide groups is 2. The maximum Gasteiger partial charge on any atom is 0.339 e. The first-order valence-electron chi connectivity index (χ1n) is 13.0. The van der Waals surface area contributed by atoms with Crippen molar-refractivity contribution in [2.24, 2.45) is 0 Å². The zero-order valence-corrected chi connectivity index (χ0v) is 23.7. The summed E-state index contributed by atoms with van der Waals surface area (Å²) in [6, 6.07) is 16.0. The van der Waals surface area contributed by atoms with E-state index in [9.17, 15) is 22.8 Å². The third kappa shape index (κ3) is 6.93. The molecule has 0 radical (unpaired) electrons. The lowest BCUT2D eigenvalue weighted by Crippen LogP contribution is -2.54. The number of nitrogens with zero attached hydrogens (tertiary/aromatic N) is 1. The molecule has 4 rings (SSSR count). The zero-order valence-electron chi connectivity index (χ0n) is 22.9. The fourth-order valence-electron chi connectivity index (χ4n) is 3.91. The smallest absolute Gasteiger partial charge is 0.339 e. The number of nitrogens with one attached hydrogen (secondary N) is 1. The van der Waals surface area contributed by atoms with Gasteiger partial charge in [0.15, 0.2) is 11.5 Å². The Kier molecular flexibility index (Phi) is 9.08. The molecule has 11 heteroatoms. The van der Waals surface area contributed by atoms with Crippen molar-refractivity contribution in [1.82, 2.24) is 5.32 Å². The first kappa shape index (κ1) is 29.3. The number of carbonyl (C=O) groups excluding carboxylic acids is 3. The lowest BCUT2D eigenvalue weighted by Gasteiger charge is -2.26. The van der Waals surface area contributed by atoms with Gasteiger partial charge < -0.3 is 13.7 Å². The van der Waals surface area contributed by atoms with Crippen molar-refractivity contribution in [3.8, 4) is 17.2 Å². The fourth-order valence-corrected chi connectivity index (χ4v) is 4.85. The van der Waals surface area contributed by atoms with E-state index < -0.39 is 28.0 Å². The van der Waals surface area contributed by atoms with Gasteiger partial charge in [-0.2, -0.15) is 8.42 Å². The minimum absolute atomic E-state index is 0.0217. The van der Waals surface area contributed by atoms with Gasteiger partial charge in [-0.05, 0) is 80.4 Å². The van der Waals surface area contributed by atoms with Crippen LogP contribution in [-0.4, -0.2) is 39.5 Å². The highest BCUT2D eigenvalue weighted by molar-refractivity contribution is 7.87. The topological polar surface area (TPSA) is 128 Å². The van der Waals surface area contributed by atoms with Gasteiger partial charge in [-0.3, -0.25) is 14.9 Å². The number of carbonyl (C=O) groups is 3. The van der Waals surface area contributed by atoms with Gasteiger partial charge in [0.05, 0.1) is 18.9 Å². The molecule has 0 atom stereocenters. The van der Waals surface area contributed by atoms with Crippen molar-refractivity contribution < 1.29 is 36.5 Å². The molecule has 1 fully saturated rings. The third-order valence-corrected chi connectivity index (χ3v) is 7.30. The van der Waals surface area contributed by atoms with Gasteiger partial charge in [0, 0.05) is 0 Å². The van der Waals surface area contributed by atoms with Gasteiger partial charge in [0.2, 0.25) is 0 Å². The van der Waals surface area contributed by atoms with Crippen molar-refractivity contribution in [3.05, 3.63) is 83.4 Å². The summed E-state index contributed by atoms with van der Waals surface area (Å²) < 4.78 is 42.2. The number of aryl methyl sites for hydroxylation is 1. The number of ether oxygens (including phenoxy) is 2. The molecule has 0 aromatic heterocycles. The second kappa shape index (κ2) is 12.7. The number of anilines is 1. The molecule has 0 bridgehead atoms. The largest absolute Gasteiger partial charge is 0.494 e. The summed E-state index contributed by atoms with van der Waals surface area (Å²) in [5, 5.41) is 2.18. The van der Waals surface area contributed by atoms with Gasteiger partial charge in [-0.25, -0.2) is 9.69 Å². The van der Waals surface area contributed by atoms with Crippen LogP contribution in [0.1, 0.15) is 37.8 Å². The number of unbranched alkanes of at least 4 members (excludes halogenated alkanes) is 1. The summed E-state index contributed by atoms with van der Waals surface area (Å²) in [5.41, 5.74) is 1.21. The van der Waals surface area contributed by atoms with E-state index in [1.54, 1.807) is 43.3 Å². The van der Waals surface area contributed by atoms with Gasteiger partial charge in [0.1, 0.15) is 16.2 Å². The number of amides is 4. The maximum absolute atomic E-state index is 13.3. The van der Waals surface area contributed by atoms with Crippen molar-refractivity contribution >= 4 is 39.7 Å². The van der Waals surface area contributed by atoms with Crippen LogP contribution in [-0.2, 0) is 19.7 Å². The number of benzene rings is 3. The molecule has 1 saturated heterocycles. The summed E-state index contributed by atoms with van der Waals surface area (Å²) >= 11 is 0. The summed E-state index contributed by atoms with van der Waals surface area (Å²) in [4.78, 5) is 39.4. The molecule has 214 valence electrons. The average molecular weight is 579 g/mol. The molecule has 10 nitrogen and oxygen atoms in total. The zero-order chi connectivity index (χ0) is 29.6. The second-order valence-electron chi connectivity index (χ2n) is 9.14. The Bertz CT molecular complexity index is 1580. The fraction of sp³-hybridized carbons (Fsp3) is 0.233. The maximum atomic E-state index is 13.3. The number of hydrogen-bond donors (Lipinski definition) is 1. The lowest BCUT2D eigenvalue weighted by atomic mass is 10.1. The summed E-state index contributed by atoms with van der Waals surface area (Å²) in [6.07, 6.45) is 3.17. The van der Waals surface area contributed by atoms with Gasteiger partial charge in [-0.15, -0.1) is 0 Å². The van der Waals surface area contributed by atoms with Crippen LogP contribution in [0.4, 0.5) is 10.5 Å². The van der Waals surface area contributed by atoms with Crippen molar-refractivity contribution in [2.45, 2.75) is 38.5 Å². The van der Waals surface area contributed by atoms with Gasteiger partial charge >= 0.3 is 16.1 Å². The molecule has 0 aliphatic carbocycles. The Hall–Kier alpha value is -4.64. The van der Waals surface area contributed by atoms with Crippen molar-refractivity contribution in [2.75, 3.05) is 18.1 Å². The van der Waals surface area contributed by atoms with E-state index in [1.165, 1.54) is 36.4 Å². The first-order valence-corrected chi connectivity index (χ1v) is 14.5. The SMILES string of the molecule is CCCCOc1ccc(N2C(=O)NC(=O)/C(=C/c3ccc(OS(=O)(=O)c4ccc(C)cc4)c(OCC)c3)C2=O)cc1. The second-order valence-corrected chi connectivity index (χ2v) is 10.7. The molecule has 1 aliphatic rings. The predicted molar refractivity (Wildman–Crippen MR) is 152 cm³/mol. The molecule has 0 unspecified atom stereocenters. The van der Waals surface area contributed by atoms with Crippen molar-refractivity contribution in [1.29, 1.82) is 0 Å². The minimum atomic E-state index is -4.15.